The molecule has 0 aliphatic rings. The molecule has 0 unspecified atom stereocenters. The molecule has 0 saturated carbocycles. The third kappa shape index (κ3) is 5.10. The molecule has 6 heteroatoms. The van der Waals surface area contributed by atoms with Crippen LogP contribution < -0.4 is 0 Å². The molecule has 0 saturated heterocycles. The first-order valence-electron chi connectivity index (χ1n) is 6.64. The first-order chi connectivity index (χ1) is 10.0. The number of nitrogens with zero attached hydrogens (tertiary/aromatic N) is 3. The highest BCUT2D eigenvalue weighted by molar-refractivity contribution is 7.99. The van der Waals surface area contributed by atoms with E-state index in [1.54, 1.807) is 27.5 Å². The summed E-state index contributed by atoms with van der Waals surface area (Å²) in [5.41, 5.74) is 1.04. The zero-order chi connectivity index (χ0) is 15.2. The standard InChI is InChI=1S/C15H18ClN3OS/c1-18(10-12-9-17-19(2)11-12)15(20)7-8-21-14-5-3-13(16)4-6-14/h3-6,9,11H,7-8,10H2,1-2H3. The summed E-state index contributed by atoms with van der Waals surface area (Å²) >= 11 is 7.50. The maximum atomic E-state index is 12.1. The Morgan fingerprint density at radius 1 is 1.38 bits per heavy atom. The van der Waals surface area contributed by atoms with E-state index >= 15 is 0 Å². The molecule has 0 radical (unpaired) electrons. The molecule has 2 aromatic rings. The van der Waals surface area contributed by atoms with Gasteiger partial charge in [-0.15, -0.1) is 11.8 Å². The monoisotopic (exact) mass is 323 g/mol. The van der Waals surface area contributed by atoms with Crippen LogP contribution >= 0.6 is 23.4 Å². The lowest BCUT2D eigenvalue weighted by atomic mass is 10.3. The average molecular weight is 324 g/mol. The summed E-state index contributed by atoms with van der Waals surface area (Å²) in [6, 6.07) is 7.66. The Hall–Kier alpha value is -1.46. The van der Waals surface area contributed by atoms with Crippen LogP contribution in [0.15, 0.2) is 41.6 Å². The highest BCUT2D eigenvalue weighted by atomic mass is 35.5. The number of carbonyl (C=O) groups excluding carboxylic acids is 1. The van der Waals surface area contributed by atoms with Crippen LogP contribution in [0.3, 0.4) is 0 Å². The van der Waals surface area contributed by atoms with Gasteiger partial charge in [-0.1, -0.05) is 11.6 Å². The zero-order valence-corrected chi connectivity index (χ0v) is 13.7. The fourth-order valence-electron chi connectivity index (χ4n) is 1.89. The highest BCUT2D eigenvalue weighted by Crippen LogP contribution is 2.21. The highest BCUT2D eigenvalue weighted by Gasteiger charge is 2.10. The number of thioether (sulfide) groups is 1. The molecule has 1 aromatic heterocycles. The Bertz CT molecular complexity index is 597. The van der Waals surface area contributed by atoms with E-state index in [9.17, 15) is 4.79 Å². The van der Waals surface area contributed by atoms with Crippen LogP contribution in [0.2, 0.25) is 5.02 Å². The summed E-state index contributed by atoms with van der Waals surface area (Å²) in [6.45, 7) is 0.596. The van der Waals surface area contributed by atoms with Gasteiger partial charge in [-0.05, 0) is 24.3 Å². The molecule has 2 rings (SSSR count). The molecule has 0 fully saturated rings. The summed E-state index contributed by atoms with van der Waals surface area (Å²) in [5, 5.41) is 4.83. The lowest BCUT2D eigenvalue weighted by molar-refractivity contribution is -0.129. The van der Waals surface area contributed by atoms with E-state index in [4.69, 9.17) is 11.6 Å². The van der Waals surface area contributed by atoms with Gasteiger partial charge in [-0.3, -0.25) is 9.48 Å². The van der Waals surface area contributed by atoms with Crippen molar-refractivity contribution in [2.75, 3.05) is 12.8 Å². The summed E-state index contributed by atoms with van der Waals surface area (Å²) in [6.07, 6.45) is 4.22. The maximum Gasteiger partial charge on any atom is 0.223 e. The second-order valence-electron chi connectivity index (χ2n) is 4.82. The molecule has 0 spiro atoms. The van der Waals surface area contributed by atoms with Crippen molar-refractivity contribution in [2.45, 2.75) is 17.9 Å². The van der Waals surface area contributed by atoms with Crippen molar-refractivity contribution in [3.8, 4) is 0 Å². The van der Waals surface area contributed by atoms with Crippen molar-refractivity contribution in [3.63, 3.8) is 0 Å². The van der Waals surface area contributed by atoms with Gasteiger partial charge in [0.05, 0.1) is 6.20 Å². The lowest BCUT2D eigenvalue weighted by Gasteiger charge is -2.16. The van der Waals surface area contributed by atoms with Crippen molar-refractivity contribution >= 4 is 29.3 Å². The third-order valence-electron chi connectivity index (χ3n) is 3.00. The van der Waals surface area contributed by atoms with Gasteiger partial charge in [0, 0.05) is 54.5 Å². The molecule has 1 heterocycles. The van der Waals surface area contributed by atoms with E-state index in [1.807, 2.05) is 44.6 Å². The van der Waals surface area contributed by atoms with Gasteiger partial charge in [0.2, 0.25) is 5.91 Å². The summed E-state index contributed by atoms with van der Waals surface area (Å²) < 4.78 is 1.74. The van der Waals surface area contributed by atoms with Crippen LogP contribution in [0.1, 0.15) is 12.0 Å². The zero-order valence-electron chi connectivity index (χ0n) is 12.1. The van der Waals surface area contributed by atoms with Gasteiger partial charge in [0.25, 0.3) is 0 Å². The van der Waals surface area contributed by atoms with Crippen LogP contribution in [0, 0.1) is 0 Å². The second kappa shape index (κ2) is 7.52. The van der Waals surface area contributed by atoms with Crippen LogP contribution in [-0.2, 0) is 18.4 Å². The van der Waals surface area contributed by atoms with Crippen LogP contribution in [0.25, 0.3) is 0 Å². The molecule has 112 valence electrons. The number of hydrogen-bond acceptors (Lipinski definition) is 3. The molecule has 1 amide bonds. The number of aryl methyl sites for hydroxylation is 1. The van der Waals surface area contributed by atoms with Gasteiger partial charge < -0.3 is 4.90 Å². The topological polar surface area (TPSA) is 38.1 Å². The minimum atomic E-state index is 0.139. The molecule has 0 aliphatic carbocycles. The fourth-order valence-corrected chi connectivity index (χ4v) is 2.86. The van der Waals surface area contributed by atoms with Gasteiger partial charge in [-0.2, -0.15) is 5.10 Å². The number of hydrogen-bond donors (Lipinski definition) is 0. The SMILES string of the molecule is CN(Cc1cnn(C)c1)C(=O)CCSc1ccc(Cl)cc1. The van der Waals surface area contributed by atoms with Gasteiger partial charge in [-0.25, -0.2) is 0 Å². The van der Waals surface area contributed by atoms with Gasteiger partial charge in [0.15, 0.2) is 0 Å². The molecule has 0 aliphatic heterocycles. The van der Waals surface area contributed by atoms with Crippen molar-refractivity contribution in [3.05, 3.63) is 47.2 Å². The van der Waals surface area contributed by atoms with E-state index in [0.717, 1.165) is 21.2 Å². The van der Waals surface area contributed by atoms with Crippen LogP contribution in [0.5, 0.6) is 0 Å². The molecular formula is C15H18ClN3OS. The van der Waals surface area contributed by atoms with E-state index in [0.29, 0.717) is 13.0 Å². The van der Waals surface area contributed by atoms with Crippen molar-refractivity contribution in [1.29, 1.82) is 0 Å². The summed E-state index contributed by atoms with van der Waals surface area (Å²) in [4.78, 5) is 14.9. The number of halogens is 1. The molecule has 0 bridgehead atoms. The largest absolute Gasteiger partial charge is 0.341 e. The minimum Gasteiger partial charge on any atom is -0.341 e. The van der Waals surface area contributed by atoms with E-state index in [2.05, 4.69) is 5.10 Å². The number of carbonyl (C=O) groups is 1. The van der Waals surface area contributed by atoms with Gasteiger partial charge >= 0.3 is 0 Å². The molecule has 4 nitrogen and oxygen atoms in total. The Kier molecular flexibility index (Phi) is 5.70. The normalized spacial score (nSPS) is 10.6. The van der Waals surface area contributed by atoms with Crippen molar-refractivity contribution < 1.29 is 4.79 Å². The smallest absolute Gasteiger partial charge is 0.223 e. The molecular weight excluding hydrogens is 306 g/mol. The number of aromatic nitrogens is 2. The molecule has 0 atom stereocenters. The number of amides is 1. The van der Waals surface area contributed by atoms with E-state index < -0.39 is 0 Å². The van der Waals surface area contributed by atoms with Crippen LogP contribution in [-0.4, -0.2) is 33.4 Å². The minimum absolute atomic E-state index is 0.139. The maximum absolute atomic E-state index is 12.1. The first kappa shape index (κ1) is 15.9. The predicted octanol–water partition coefficient (Wildman–Crippen LogP) is 3.21. The molecule has 1 aromatic carbocycles. The molecule has 21 heavy (non-hydrogen) atoms. The fraction of sp³-hybridized carbons (Fsp3) is 0.333. The lowest BCUT2D eigenvalue weighted by Crippen LogP contribution is -2.26. The Labute approximate surface area is 134 Å². The number of rotatable bonds is 6. The Morgan fingerprint density at radius 3 is 2.71 bits per heavy atom. The predicted molar refractivity (Wildman–Crippen MR) is 86.5 cm³/mol. The Balaban J connectivity index is 1.74. The third-order valence-corrected chi connectivity index (χ3v) is 4.27. The summed E-state index contributed by atoms with van der Waals surface area (Å²) in [5.74, 6) is 0.901. The van der Waals surface area contributed by atoms with Crippen molar-refractivity contribution in [2.24, 2.45) is 7.05 Å². The quantitative estimate of drug-likeness (QED) is 0.766. The molecule has 0 N–H and O–H groups in total. The average Bonchev–Trinajstić information content (AvgIpc) is 2.86. The second-order valence-corrected chi connectivity index (χ2v) is 6.43. The van der Waals surface area contributed by atoms with E-state index in [1.165, 1.54) is 0 Å². The van der Waals surface area contributed by atoms with Crippen LogP contribution in [0.4, 0.5) is 0 Å². The first-order valence-corrected chi connectivity index (χ1v) is 8.01. The summed E-state index contributed by atoms with van der Waals surface area (Å²) in [7, 11) is 3.69. The Morgan fingerprint density at radius 2 is 2.10 bits per heavy atom. The van der Waals surface area contributed by atoms with Crippen molar-refractivity contribution in [1.82, 2.24) is 14.7 Å². The van der Waals surface area contributed by atoms with E-state index in [-0.39, 0.29) is 5.91 Å². The van der Waals surface area contributed by atoms with Gasteiger partial charge in [0.1, 0.15) is 0 Å². The number of benzene rings is 1.